The van der Waals surface area contributed by atoms with Crippen molar-refractivity contribution < 1.29 is 0 Å². The standard InChI is InChI=1S/C14H19N5/c1-10-8-13-14(15-5-7-19(13)17-10)18-6-4-11-2-3-12(9-18)16-11/h5,7-8,11-12,16H,2-4,6,9H2,1H3. The van der Waals surface area contributed by atoms with Crippen LogP contribution in [0.3, 0.4) is 0 Å². The van der Waals surface area contributed by atoms with Gasteiger partial charge in [0, 0.05) is 37.6 Å². The van der Waals surface area contributed by atoms with Gasteiger partial charge in [-0.1, -0.05) is 0 Å². The van der Waals surface area contributed by atoms with Crippen molar-refractivity contribution in [3.8, 4) is 0 Å². The molecule has 2 fully saturated rings. The molecule has 4 rings (SSSR count). The lowest BCUT2D eigenvalue weighted by Gasteiger charge is -2.25. The maximum Gasteiger partial charge on any atom is 0.154 e. The Balaban J connectivity index is 1.73. The molecule has 19 heavy (non-hydrogen) atoms. The summed E-state index contributed by atoms with van der Waals surface area (Å²) in [5.41, 5.74) is 2.17. The van der Waals surface area contributed by atoms with Crippen LogP contribution < -0.4 is 10.2 Å². The minimum atomic E-state index is 0.624. The molecule has 100 valence electrons. The van der Waals surface area contributed by atoms with Crippen LogP contribution >= 0.6 is 0 Å². The molecule has 0 radical (unpaired) electrons. The fourth-order valence-corrected chi connectivity index (χ4v) is 3.41. The molecule has 0 aliphatic carbocycles. The highest BCUT2D eigenvalue weighted by Gasteiger charge is 2.30. The third-order valence-corrected chi connectivity index (χ3v) is 4.31. The number of rotatable bonds is 1. The Hall–Kier alpha value is -1.62. The Morgan fingerprint density at radius 1 is 1.26 bits per heavy atom. The summed E-state index contributed by atoms with van der Waals surface area (Å²) in [7, 11) is 0. The summed E-state index contributed by atoms with van der Waals surface area (Å²) in [6, 6.07) is 3.46. The number of nitrogens with zero attached hydrogens (tertiary/aromatic N) is 4. The summed E-state index contributed by atoms with van der Waals surface area (Å²) in [4.78, 5) is 7.03. The quantitative estimate of drug-likeness (QED) is 0.838. The first kappa shape index (κ1) is 11.2. The molecule has 0 spiro atoms. The summed E-state index contributed by atoms with van der Waals surface area (Å²) in [6.45, 7) is 4.18. The molecule has 2 atom stereocenters. The molecule has 0 aromatic carbocycles. The molecule has 2 bridgehead atoms. The van der Waals surface area contributed by atoms with Crippen molar-refractivity contribution in [1.29, 1.82) is 0 Å². The number of aryl methyl sites for hydroxylation is 1. The van der Waals surface area contributed by atoms with E-state index >= 15 is 0 Å². The van der Waals surface area contributed by atoms with Gasteiger partial charge in [0.1, 0.15) is 5.52 Å². The monoisotopic (exact) mass is 257 g/mol. The molecule has 2 saturated heterocycles. The van der Waals surface area contributed by atoms with E-state index in [1.54, 1.807) is 0 Å². The molecule has 0 saturated carbocycles. The normalized spacial score (nSPS) is 26.9. The van der Waals surface area contributed by atoms with Crippen LogP contribution in [-0.2, 0) is 0 Å². The van der Waals surface area contributed by atoms with Gasteiger partial charge < -0.3 is 10.2 Å². The smallest absolute Gasteiger partial charge is 0.154 e. The van der Waals surface area contributed by atoms with Crippen molar-refractivity contribution >= 4 is 11.3 Å². The van der Waals surface area contributed by atoms with Crippen molar-refractivity contribution in [2.24, 2.45) is 0 Å². The average molecular weight is 257 g/mol. The van der Waals surface area contributed by atoms with Crippen LogP contribution in [0.5, 0.6) is 0 Å². The Morgan fingerprint density at radius 2 is 2.16 bits per heavy atom. The van der Waals surface area contributed by atoms with Crippen LogP contribution in [0.2, 0.25) is 0 Å². The van der Waals surface area contributed by atoms with E-state index in [2.05, 4.69) is 26.4 Å². The van der Waals surface area contributed by atoms with E-state index in [4.69, 9.17) is 0 Å². The topological polar surface area (TPSA) is 45.5 Å². The molecule has 5 nitrogen and oxygen atoms in total. The average Bonchev–Trinajstić information content (AvgIpc) is 2.91. The van der Waals surface area contributed by atoms with Crippen molar-refractivity contribution in [3.05, 3.63) is 24.2 Å². The van der Waals surface area contributed by atoms with Gasteiger partial charge in [0.2, 0.25) is 0 Å². The number of hydrogen-bond donors (Lipinski definition) is 1. The second-order valence-electron chi connectivity index (χ2n) is 5.74. The second kappa shape index (κ2) is 4.20. The highest BCUT2D eigenvalue weighted by Crippen LogP contribution is 2.26. The highest BCUT2D eigenvalue weighted by atomic mass is 15.3. The lowest BCUT2D eigenvalue weighted by Crippen LogP contribution is -2.35. The molecule has 2 aliphatic heterocycles. The SMILES string of the molecule is Cc1cc2c(N3CCC4CCC(C3)N4)nccn2n1. The molecule has 2 aromatic rings. The van der Waals surface area contributed by atoms with Crippen LogP contribution in [0, 0.1) is 6.92 Å². The van der Waals surface area contributed by atoms with Crippen LogP contribution in [-0.4, -0.2) is 39.8 Å². The Morgan fingerprint density at radius 3 is 3.11 bits per heavy atom. The molecule has 1 N–H and O–H groups in total. The molecule has 2 aliphatic rings. The van der Waals surface area contributed by atoms with Gasteiger partial charge >= 0.3 is 0 Å². The summed E-state index contributed by atoms with van der Waals surface area (Å²) in [5, 5.41) is 8.19. The lowest BCUT2D eigenvalue weighted by atomic mass is 10.1. The van der Waals surface area contributed by atoms with Gasteiger partial charge in [0.15, 0.2) is 5.82 Å². The minimum absolute atomic E-state index is 0.624. The summed E-state index contributed by atoms with van der Waals surface area (Å²) in [6.07, 6.45) is 7.62. The first-order valence-corrected chi connectivity index (χ1v) is 7.11. The van der Waals surface area contributed by atoms with E-state index in [-0.39, 0.29) is 0 Å². The van der Waals surface area contributed by atoms with E-state index in [0.29, 0.717) is 12.1 Å². The van der Waals surface area contributed by atoms with Gasteiger partial charge in [-0.25, -0.2) is 9.50 Å². The van der Waals surface area contributed by atoms with Crippen molar-refractivity contribution in [2.75, 3.05) is 18.0 Å². The van der Waals surface area contributed by atoms with Crippen molar-refractivity contribution in [3.63, 3.8) is 0 Å². The number of hydrogen-bond acceptors (Lipinski definition) is 4. The summed E-state index contributed by atoms with van der Waals surface area (Å²) < 4.78 is 1.94. The fraction of sp³-hybridized carbons (Fsp3) is 0.571. The van der Waals surface area contributed by atoms with Crippen LogP contribution in [0.15, 0.2) is 18.5 Å². The predicted molar refractivity (Wildman–Crippen MR) is 74.5 cm³/mol. The van der Waals surface area contributed by atoms with Crippen LogP contribution in [0.25, 0.3) is 5.52 Å². The van der Waals surface area contributed by atoms with Crippen LogP contribution in [0.4, 0.5) is 5.82 Å². The van der Waals surface area contributed by atoms with Gasteiger partial charge in [-0.2, -0.15) is 5.10 Å². The number of nitrogens with one attached hydrogen (secondary N) is 1. The number of anilines is 1. The zero-order valence-electron chi connectivity index (χ0n) is 11.2. The molecular formula is C14H19N5. The first-order valence-electron chi connectivity index (χ1n) is 7.11. The van der Waals surface area contributed by atoms with Crippen LogP contribution in [0.1, 0.15) is 25.0 Å². The summed E-state index contributed by atoms with van der Waals surface area (Å²) in [5.74, 6) is 1.08. The van der Waals surface area contributed by atoms with Gasteiger partial charge in [-0.15, -0.1) is 0 Å². The second-order valence-corrected chi connectivity index (χ2v) is 5.74. The predicted octanol–water partition coefficient (Wildman–Crippen LogP) is 1.37. The Labute approximate surface area is 112 Å². The fourth-order valence-electron chi connectivity index (χ4n) is 3.41. The van der Waals surface area contributed by atoms with E-state index in [0.717, 1.165) is 30.1 Å². The van der Waals surface area contributed by atoms with E-state index in [1.165, 1.54) is 19.3 Å². The highest BCUT2D eigenvalue weighted by molar-refractivity contribution is 5.69. The minimum Gasteiger partial charge on any atom is -0.353 e. The summed E-state index contributed by atoms with van der Waals surface area (Å²) >= 11 is 0. The Kier molecular flexibility index (Phi) is 2.48. The van der Waals surface area contributed by atoms with E-state index < -0.39 is 0 Å². The van der Waals surface area contributed by atoms with Gasteiger partial charge in [-0.3, -0.25) is 0 Å². The molecular weight excluding hydrogens is 238 g/mol. The van der Waals surface area contributed by atoms with Gasteiger partial charge in [-0.05, 0) is 32.3 Å². The molecule has 5 heteroatoms. The van der Waals surface area contributed by atoms with Gasteiger partial charge in [0.25, 0.3) is 0 Å². The van der Waals surface area contributed by atoms with Gasteiger partial charge in [0.05, 0.1) is 5.69 Å². The number of aromatic nitrogens is 3. The number of fused-ring (bicyclic) bond motifs is 3. The molecule has 4 heterocycles. The third-order valence-electron chi connectivity index (χ3n) is 4.31. The van der Waals surface area contributed by atoms with Crippen molar-refractivity contribution in [1.82, 2.24) is 19.9 Å². The zero-order valence-corrected chi connectivity index (χ0v) is 11.2. The lowest BCUT2D eigenvalue weighted by molar-refractivity contribution is 0.563. The molecule has 2 unspecified atom stereocenters. The first-order chi connectivity index (χ1) is 9.29. The third kappa shape index (κ3) is 1.89. The Bertz CT molecular complexity index is 605. The zero-order chi connectivity index (χ0) is 12.8. The largest absolute Gasteiger partial charge is 0.353 e. The molecule has 0 amide bonds. The maximum absolute atomic E-state index is 4.61. The van der Waals surface area contributed by atoms with Crippen molar-refractivity contribution in [2.45, 2.75) is 38.3 Å². The molecule has 2 aromatic heterocycles. The van der Waals surface area contributed by atoms with E-state index in [9.17, 15) is 0 Å². The van der Waals surface area contributed by atoms with E-state index in [1.807, 2.05) is 23.8 Å². The maximum atomic E-state index is 4.61.